The van der Waals surface area contributed by atoms with Crippen LogP contribution in [-0.2, 0) is 11.3 Å². The summed E-state index contributed by atoms with van der Waals surface area (Å²) in [6.07, 6.45) is 0.520. The van der Waals surface area contributed by atoms with E-state index in [1.807, 2.05) is 45.0 Å². The molecule has 0 spiro atoms. The topological polar surface area (TPSA) is 65.4 Å². The SMILES string of the molecule is CN(CCCNCc1ccccc1C#N)C(=O)OC(C)(C)C. The van der Waals surface area contributed by atoms with Gasteiger partial charge in [-0.25, -0.2) is 4.79 Å². The molecule has 1 aromatic carbocycles. The number of nitrogens with zero attached hydrogens (tertiary/aromatic N) is 2. The molecule has 0 aromatic heterocycles. The molecule has 0 atom stereocenters. The van der Waals surface area contributed by atoms with Gasteiger partial charge >= 0.3 is 6.09 Å². The highest BCUT2D eigenvalue weighted by Crippen LogP contribution is 2.09. The van der Waals surface area contributed by atoms with Crippen molar-refractivity contribution in [1.29, 1.82) is 5.26 Å². The minimum Gasteiger partial charge on any atom is -0.444 e. The van der Waals surface area contributed by atoms with Crippen molar-refractivity contribution < 1.29 is 9.53 Å². The van der Waals surface area contributed by atoms with Crippen LogP contribution in [0.4, 0.5) is 4.79 Å². The Morgan fingerprint density at radius 1 is 1.36 bits per heavy atom. The van der Waals surface area contributed by atoms with E-state index in [4.69, 9.17) is 10.00 Å². The van der Waals surface area contributed by atoms with Crippen molar-refractivity contribution in [3.8, 4) is 6.07 Å². The van der Waals surface area contributed by atoms with E-state index in [9.17, 15) is 4.79 Å². The number of nitriles is 1. The Kier molecular flexibility index (Phi) is 6.87. The second kappa shape index (κ2) is 8.40. The average Bonchev–Trinajstić information content (AvgIpc) is 2.45. The third-order valence-corrected chi connectivity index (χ3v) is 3.01. The first-order valence-corrected chi connectivity index (χ1v) is 7.46. The molecule has 120 valence electrons. The average molecular weight is 303 g/mol. The number of hydrogen-bond acceptors (Lipinski definition) is 4. The summed E-state index contributed by atoms with van der Waals surface area (Å²) in [4.78, 5) is 13.4. The van der Waals surface area contributed by atoms with Crippen molar-refractivity contribution in [2.75, 3.05) is 20.1 Å². The summed E-state index contributed by atoms with van der Waals surface area (Å²) in [5.41, 5.74) is 1.22. The van der Waals surface area contributed by atoms with Crippen molar-refractivity contribution in [1.82, 2.24) is 10.2 Å². The van der Waals surface area contributed by atoms with Crippen LogP contribution >= 0.6 is 0 Å². The van der Waals surface area contributed by atoms with Crippen molar-refractivity contribution in [3.63, 3.8) is 0 Å². The van der Waals surface area contributed by atoms with Gasteiger partial charge in [-0.15, -0.1) is 0 Å². The molecule has 0 aliphatic carbocycles. The first kappa shape index (κ1) is 18.0. The van der Waals surface area contributed by atoms with Crippen LogP contribution in [0.3, 0.4) is 0 Å². The zero-order valence-electron chi connectivity index (χ0n) is 13.8. The van der Waals surface area contributed by atoms with Crippen LogP contribution in [-0.4, -0.2) is 36.7 Å². The van der Waals surface area contributed by atoms with E-state index in [0.29, 0.717) is 18.7 Å². The standard InChI is InChI=1S/C17H25N3O2/c1-17(2,3)22-16(21)20(4)11-7-10-19-13-15-9-6-5-8-14(15)12-18/h5-6,8-9,19H,7,10-11,13H2,1-4H3. The number of benzene rings is 1. The van der Waals surface area contributed by atoms with Gasteiger partial charge in [0.15, 0.2) is 0 Å². The summed E-state index contributed by atoms with van der Waals surface area (Å²) in [6, 6.07) is 9.72. The number of nitrogens with one attached hydrogen (secondary N) is 1. The summed E-state index contributed by atoms with van der Waals surface area (Å²) in [7, 11) is 1.74. The summed E-state index contributed by atoms with van der Waals surface area (Å²) in [6.45, 7) is 7.61. The molecule has 1 N–H and O–H groups in total. The molecule has 0 bridgehead atoms. The molecule has 0 saturated carbocycles. The van der Waals surface area contributed by atoms with Gasteiger partial charge in [0.1, 0.15) is 5.60 Å². The lowest BCUT2D eigenvalue weighted by Crippen LogP contribution is -2.35. The molecule has 22 heavy (non-hydrogen) atoms. The zero-order valence-corrected chi connectivity index (χ0v) is 13.8. The quantitative estimate of drug-likeness (QED) is 0.821. The smallest absolute Gasteiger partial charge is 0.410 e. The number of hydrogen-bond donors (Lipinski definition) is 1. The van der Waals surface area contributed by atoms with Gasteiger partial charge in [-0.3, -0.25) is 0 Å². The molecule has 0 unspecified atom stereocenters. The molecule has 0 radical (unpaired) electrons. The molecule has 1 aromatic rings. The van der Waals surface area contributed by atoms with E-state index >= 15 is 0 Å². The molecule has 0 fully saturated rings. The second-order valence-corrected chi connectivity index (χ2v) is 6.20. The van der Waals surface area contributed by atoms with E-state index in [-0.39, 0.29) is 6.09 Å². The highest BCUT2D eigenvalue weighted by Gasteiger charge is 2.18. The first-order chi connectivity index (χ1) is 10.3. The van der Waals surface area contributed by atoms with Crippen LogP contribution in [0.2, 0.25) is 0 Å². The Bertz CT molecular complexity index is 529. The molecule has 0 aliphatic rings. The van der Waals surface area contributed by atoms with E-state index in [0.717, 1.165) is 18.5 Å². The van der Waals surface area contributed by atoms with Gasteiger partial charge in [0.25, 0.3) is 0 Å². The summed E-state index contributed by atoms with van der Waals surface area (Å²) in [5.74, 6) is 0. The molecule has 5 heteroatoms. The minimum absolute atomic E-state index is 0.303. The summed E-state index contributed by atoms with van der Waals surface area (Å²) >= 11 is 0. The molecule has 0 aliphatic heterocycles. The van der Waals surface area contributed by atoms with Crippen LogP contribution in [0.1, 0.15) is 38.3 Å². The predicted octanol–water partition coefficient (Wildman–Crippen LogP) is 2.90. The van der Waals surface area contributed by atoms with Crippen LogP contribution in [0.5, 0.6) is 0 Å². The highest BCUT2D eigenvalue weighted by molar-refractivity contribution is 5.67. The Labute approximate surface area is 132 Å². The molecule has 5 nitrogen and oxygen atoms in total. The monoisotopic (exact) mass is 303 g/mol. The number of carbonyl (C=O) groups is 1. The molecule has 1 amide bonds. The van der Waals surface area contributed by atoms with Gasteiger partial charge in [0, 0.05) is 20.1 Å². The fourth-order valence-electron chi connectivity index (χ4n) is 1.88. The second-order valence-electron chi connectivity index (χ2n) is 6.20. The highest BCUT2D eigenvalue weighted by atomic mass is 16.6. The van der Waals surface area contributed by atoms with E-state index < -0.39 is 5.60 Å². The van der Waals surface area contributed by atoms with Crippen molar-refractivity contribution >= 4 is 6.09 Å². The largest absolute Gasteiger partial charge is 0.444 e. The first-order valence-electron chi connectivity index (χ1n) is 7.46. The minimum atomic E-state index is -0.468. The van der Waals surface area contributed by atoms with Crippen LogP contribution in [0.25, 0.3) is 0 Å². The van der Waals surface area contributed by atoms with Gasteiger partial charge in [0.05, 0.1) is 11.6 Å². The molecule has 0 saturated heterocycles. The van der Waals surface area contributed by atoms with Crippen molar-refractivity contribution in [2.24, 2.45) is 0 Å². The lowest BCUT2D eigenvalue weighted by atomic mass is 10.1. The molecule has 1 rings (SSSR count). The zero-order chi connectivity index (χ0) is 16.6. The third-order valence-electron chi connectivity index (χ3n) is 3.01. The maximum absolute atomic E-state index is 11.8. The maximum atomic E-state index is 11.8. The molecule has 0 heterocycles. The number of rotatable bonds is 6. The maximum Gasteiger partial charge on any atom is 0.410 e. The van der Waals surface area contributed by atoms with Crippen LogP contribution in [0, 0.1) is 11.3 Å². The van der Waals surface area contributed by atoms with Gasteiger partial charge in [-0.1, -0.05) is 18.2 Å². The van der Waals surface area contributed by atoms with Crippen molar-refractivity contribution in [3.05, 3.63) is 35.4 Å². The van der Waals surface area contributed by atoms with Crippen LogP contribution < -0.4 is 5.32 Å². The number of ether oxygens (including phenoxy) is 1. The van der Waals surface area contributed by atoms with Gasteiger partial charge in [0.2, 0.25) is 0 Å². The lowest BCUT2D eigenvalue weighted by molar-refractivity contribution is 0.0297. The van der Waals surface area contributed by atoms with Gasteiger partial charge < -0.3 is 15.0 Å². The number of amides is 1. The van der Waals surface area contributed by atoms with Crippen molar-refractivity contribution in [2.45, 2.75) is 39.3 Å². The third kappa shape index (κ3) is 6.59. The fraction of sp³-hybridized carbons (Fsp3) is 0.529. The normalized spacial score (nSPS) is 10.9. The number of carbonyl (C=O) groups excluding carboxylic acids is 1. The van der Waals surface area contributed by atoms with Gasteiger partial charge in [-0.2, -0.15) is 5.26 Å². The summed E-state index contributed by atoms with van der Waals surface area (Å²) < 4.78 is 5.29. The lowest BCUT2D eigenvalue weighted by Gasteiger charge is -2.24. The Morgan fingerprint density at radius 3 is 2.68 bits per heavy atom. The van der Waals surface area contributed by atoms with E-state index in [1.165, 1.54) is 0 Å². The Balaban J connectivity index is 2.26. The summed E-state index contributed by atoms with van der Waals surface area (Å²) in [5, 5.41) is 12.3. The van der Waals surface area contributed by atoms with E-state index in [2.05, 4.69) is 11.4 Å². The van der Waals surface area contributed by atoms with E-state index in [1.54, 1.807) is 11.9 Å². The predicted molar refractivity (Wildman–Crippen MR) is 86.3 cm³/mol. The Hall–Kier alpha value is -2.06. The fourth-order valence-corrected chi connectivity index (χ4v) is 1.88. The molecular weight excluding hydrogens is 278 g/mol. The molecular formula is C17H25N3O2. The van der Waals surface area contributed by atoms with Crippen LogP contribution in [0.15, 0.2) is 24.3 Å². The van der Waals surface area contributed by atoms with Gasteiger partial charge in [-0.05, 0) is 45.4 Å². The Morgan fingerprint density at radius 2 is 2.05 bits per heavy atom.